The van der Waals surface area contributed by atoms with E-state index in [1.165, 1.54) is 4.90 Å². The lowest BCUT2D eigenvalue weighted by Gasteiger charge is -2.45. The van der Waals surface area contributed by atoms with Gasteiger partial charge < -0.3 is 19.7 Å². The summed E-state index contributed by atoms with van der Waals surface area (Å²) in [6.07, 6.45) is 2.73. The quantitative estimate of drug-likeness (QED) is 0.258. The summed E-state index contributed by atoms with van der Waals surface area (Å²) in [5, 5.41) is 3.96. The zero-order valence-electron chi connectivity index (χ0n) is 23.3. The summed E-state index contributed by atoms with van der Waals surface area (Å²) in [4.78, 5) is 59.5. The highest BCUT2D eigenvalue weighted by atomic mass is 16.7. The highest BCUT2D eigenvalue weighted by Crippen LogP contribution is 2.23. The van der Waals surface area contributed by atoms with Gasteiger partial charge in [-0.3, -0.25) is 19.3 Å². The number of amides is 3. The predicted molar refractivity (Wildman–Crippen MR) is 144 cm³/mol. The van der Waals surface area contributed by atoms with Crippen LogP contribution in [0, 0.1) is 5.92 Å². The van der Waals surface area contributed by atoms with Crippen LogP contribution in [0.4, 0.5) is 4.79 Å². The second-order valence-electron chi connectivity index (χ2n) is 10.2. The Morgan fingerprint density at radius 2 is 1.92 bits per heavy atom. The summed E-state index contributed by atoms with van der Waals surface area (Å²) in [6.45, 7) is 7.09. The molecule has 0 bridgehead atoms. The van der Waals surface area contributed by atoms with Crippen molar-refractivity contribution in [2.45, 2.75) is 71.6 Å². The number of carbonyl (C=O) groups is 4. The number of ether oxygens (including phenoxy) is 1. The summed E-state index contributed by atoms with van der Waals surface area (Å²) >= 11 is 0. The molecule has 10 nitrogen and oxygen atoms in total. The number of rotatable bonds is 16. The standard InChI is InChI=1S/C28H44N4O6/c1-5-6-10-18-37-28(36)32-26(21-30(4)20-25(34)29-15-11-12-22(2)3)31(16-17-33)27(35)24(38-32)19-23-13-8-7-9-14-23/h7-9,13-14,17,22,24,26H,5-6,10-12,15-16,18-21H2,1-4H3,(H,29,34). The molecule has 0 radical (unpaired) electrons. The third-order valence-electron chi connectivity index (χ3n) is 6.29. The molecule has 1 aromatic carbocycles. The van der Waals surface area contributed by atoms with Gasteiger partial charge in [0.1, 0.15) is 12.5 Å². The van der Waals surface area contributed by atoms with E-state index in [-0.39, 0.29) is 38.6 Å². The fourth-order valence-electron chi connectivity index (χ4n) is 4.25. The van der Waals surface area contributed by atoms with Crippen LogP contribution in [-0.2, 0) is 30.4 Å². The van der Waals surface area contributed by atoms with Crippen LogP contribution in [-0.4, -0.2) is 91.2 Å². The van der Waals surface area contributed by atoms with Gasteiger partial charge in [-0.05, 0) is 37.8 Å². The Hall–Kier alpha value is -2.98. The Kier molecular flexibility index (Phi) is 13.8. The van der Waals surface area contributed by atoms with Gasteiger partial charge in [0.25, 0.3) is 5.91 Å². The zero-order valence-corrected chi connectivity index (χ0v) is 23.3. The molecule has 38 heavy (non-hydrogen) atoms. The maximum absolute atomic E-state index is 13.4. The molecule has 1 heterocycles. The van der Waals surface area contributed by atoms with Gasteiger partial charge >= 0.3 is 6.09 Å². The number of likely N-dealkylation sites (N-methyl/N-ethyl adjacent to an activating group) is 1. The Bertz CT molecular complexity index is 881. The van der Waals surface area contributed by atoms with Gasteiger partial charge in [0, 0.05) is 19.5 Å². The van der Waals surface area contributed by atoms with Crippen molar-refractivity contribution < 1.29 is 28.8 Å². The van der Waals surface area contributed by atoms with Crippen LogP contribution in [0.2, 0.25) is 0 Å². The molecule has 1 saturated heterocycles. The van der Waals surface area contributed by atoms with Gasteiger partial charge in [-0.2, -0.15) is 5.06 Å². The van der Waals surface area contributed by atoms with E-state index in [0.29, 0.717) is 25.2 Å². The number of hydrogen-bond donors (Lipinski definition) is 1. The monoisotopic (exact) mass is 532 g/mol. The van der Waals surface area contributed by atoms with E-state index in [2.05, 4.69) is 26.1 Å². The van der Waals surface area contributed by atoms with Gasteiger partial charge in [-0.15, -0.1) is 0 Å². The molecule has 2 atom stereocenters. The van der Waals surface area contributed by atoms with E-state index in [4.69, 9.17) is 9.57 Å². The molecular formula is C28H44N4O6. The number of nitrogens with one attached hydrogen (secondary N) is 1. The van der Waals surface area contributed by atoms with E-state index in [0.717, 1.165) is 36.3 Å². The molecule has 1 aliphatic heterocycles. The summed E-state index contributed by atoms with van der Waals surface area (Å²) in [7, 11) is 1.72. The average molecular weight is 533 g/mol. The molecule has 1 aliphatic rings. The third-order valence-corrected chi connectivity index (χ3v) is 6.29. The molecule has 1 aromatic rings. The topological polar surface area (TPSA) is 108 Å². The van der Waals surface area contributed by atoms with E-state index < -0.39 is 24.3 Å². The Morgan fingerprint density at radius 1 is 1.18 bits per heavy atom. The lowest BCUT2D eigenvalue weighted by atomic mass is 10.1. The predicted octanol–water partition coefficient (Wildman–Crippen LogP) is 3.01. The SMILES string of the molecule is CCCCCOC(=O)N1OC(Cc2ccccc2)C(=O)N(CC=O)C1CN(C)CC(=O)NCCCC(C)C. The lowest BCUT2D eigenvalue weighted by molar-refractivity contribution is -0.254. The summed E-state index contributed by atoms with van der Waals surface area (Å²) < 4.78 is 5.46. The summed E-state index contributed by atoms with van der Waals surface area (Å²) in [5.74, 6) is 0.0186. The maximum Gasteiger partial charge on any atom is 0.436 e. The largest absolute Gasteiger partial charge is 0.448 e. The smallest absolute Gasteiger partial charge is 0.436 e. The van der Waals surface area contributed by atoms with Crippen molar-refractivity contribution in [1.82, 2.24) is 20.2 Å². The Morgan fingerprint density at radius 3 is 2.58 bits per heavy atom. The van der Waals surface area contributed by atoms with Gasteiger partial charge in [0.2, 0.25) is 5.91 Å². The van der Waals surface area contributed by atoms with Gasteiger partial charge in [0.15, 0.2) is 6.10 Å². The Labute approximate surface area is 226 Å². The minimum atomic E-state index is -0.994. The first-order valence-corrected chi connectivity index (χ1v) is 13.6. The van der Waals surface area contributed by atoms with E-state index in [9.17, 15) is 19.2 Å². The van der Waals surface area contributed by atoms with Crippen molar-refractivity contribution in [1.29, 1.82) is 0 Å². The van der Waals surface area contributed by atoms with Crippen LogP contribution in [0.3, 0.4) is 0 Å². The van der Waals surface area contributed by atoms with Crippen LogP contribution < -0.4 is 5.32 Å². The summed E-state index contributed by atoms with van der Waals surface area (Å²) in [5.41, 5.74) is 0.859. The number of aldehydes is 1. The number of carbonyl (C=O) groups excluding carboxylic acids is 4. The van der Waals surface area contributed by atoms with Crippen LogP contribution >= 0.6 is 0 Å². The first-order valence-electron chi connectivity index (χ1n) is 13.6. The van der Waals surface area contributed by atoms with Gasteiger partial charge in [0.05, 0.1) is 19.7 Å². The summed E-state index contributed by atoms with van der Waals surface area (Å²) in [6, 6.07) is 9.33. The molecule has 212 valence electrons. The molecule has 0 spiro atoms. The number of hydroxylamine groups is 2. The lowest BCUT2D eigenvalue weighted by Crippen LogP contribution is -2.66. The molecule has 2 unspecified atom stereocenters. The second kappa shape index (κ2) is 16.8. The van der Waals surface area contributed by atoms with E-state index >= 15 is 0 Å². The molecule has 0 aliphatic carbocycles. The molecule has 2 rings (SSSR count). The Balaban J connectivity index is 2.15. The molecule has 1 N–H and O–H groups in total. The first-order chi connectivity index (χ1) is 18.3. The van der Waals surface area contributed by atoms with E-state index in [1.54, 1.807) is 11.9 Å². The molecule has 3 amide bonds. The van der Waals surface area contributed by atoms with Crippen molar-refractivity contribution in [3.05, 3.63) is 35.9 Å². The van der Waals surface area contributed by atoms with Crippen molar-refractivity contribution >= 4 is 24.2 Å². The average Bonchev–Trinajstić information content (AvgIpc) is 2.88. The molecular weight excluding hydrogens is 488 g/mol. The molecule has 0 aromatic heterocycles. The minimum Gasteiger partial charge on any atom is -0.448 e. The van der Waals surface area contributed by atoms with Gasteiger partial charge in [-0.1, -0.05) is 63.9 Å². The first kappa shape index (κ1) is 31.2. The zero-order chi connectivity index (χ0) is 27.9. The molecule has 10 heteroatoms. The van der Waals surface area contributed by atoms with Crippen LogP contribution in [0.5, 0.6) is 0 Å². The number of nitrogens with zero attached hydrogens (tertiary/aromatic N) is 3. The molecule has 1 fully saturated rings. The van der Waals surface area contributed by atoms with Crippen LogP contribution in [0.25, 0.3) is 0 Å². The second-order valence-corrected chi connectivity index (χ2v) is 10.2. The normalized spacial score (nSPS) is 17.7. The van der Waals surface area contributed by atoms with Crippen molar-refractivity contribution in [3.8, 4) is 0 Å². The fraction of sp³-hybridized carbons (Fsp3) is 0.643. The van der Waals surface area contributed by atoms with Crippen molar-refractivity contribution in [2.24, 2.45) is 5.92 Å². The highest BCUT2D eigenvalue weighted by Gasteiger charge is 2.45. The number of unbranched alkanes of at least 4 members (excludes halogenated alkanes) is 2. The molecule has 0 saturated carbocycles. The highest BCUT2D eigenvalue weighted by molar-refractivity contribution is 5.85. The fourth-order valence-corrected chi connectivity index (χ4v) is 4.25. The van der Waals surface area contributed by atoms with Crippen LogP contribution in [0.1, 0.15) is 58.4 Å². The van der Waals surface area contributed by atoms with Gasteiger partial charge in [-0.25, -0.2) is 4.79 Å². The van der Waals surface area contributed by atoms with E-state index in [1.807, 2.05) is 30.3 Å². The van der Waals surface area contributed by atoms with Crippen molar-refractivity contribution in [2.75, 3.05) is 39.8 Å². The minimum absolute atomic E-state index is 0.0636. The van der Waals surface area contributed by atoms with Crippen LogP contribution in [0.15, 0.2) is 30.3 Å². The third kappa shape index (κ3) is 10.4. The maximum atomic E-state index is 13.4. The number of benzene rings is 1. The van der Waals surface area contributed by atoms with Crippen molar-refractivity contribution in [3.63, 3.8) is 0 Å². The number of hydrogen-bond acceptors (Lipinski definition) is 7.